The van der Waals surface area contributed by atoms with Gasteiger partial charge in [-0.1, -0.05) is 59.8 Å². The smallest absolute Gasteiger partial charge is 0.250 e. The van der Waals surface area contributed by atoms with Gasteiger partial charge < -0.3 is 4.57 Å². The van der Waals surface area contributed by atoms with Crippen molar-refractivity contribution in [1.29, 1.82) is 0 Å². The van der Waals surface area contributed by atoms with Crippen molar-refractivity contribution < 1.29 is 4.79 Å². The maximum Gasteiger partial charge on any atom is 0.250 e. The third-order valence-electron chi connectivity index (χ3n) is 4.50. The number of aromatic nitrogens is 3. The first-order valence-electron chi connectivity index (χ1n) is 9.54. The Hall–Kier alpha value is -3.45. The Morgan fingerprint density at radius 1 is 1.13 bits per heavy atom. The highest BCUT2D eigenvalue weighted by atomic mass is 32.2. The number of aryl methyl sites for hydroxylation is 1. The molecule has 150 valence electrons. The molecule has 7 heteroatoms. The molecule has 0 bridgehead atoms. The van der Waals surface area contributed by atoms with Crippen molar-refractivity contribution in [2.24, 2.45) is 5.10 Å². The summed E-state index contributed by atoms with van der Waals surface area (Å²) in [4.78, 5) is 21.0. The number of imidazole rings is 1. The zero-order valence-corrected chi connectivity index (χ0v) is 17.3. The van der Waals surface area contributed by atoms with Gasteiger partial charge in [-0.15, -0.1) is 0 Å². The molecule has 0 radical (unpaired) electrons. The van der Waals surface area contributed by atoms with Gasteiger partial charge in [0.15, 0.2) is 5.16 Å². The number of rotatable bonds is 7. The first-order chi connectivity index (χ1) is 14.7. The maximum atomic E-state index is 12.2. The average molecular weight is 416 g/mol. The van der Waals surface area contributed by atoms with Gasteiger partial charge in [-0.05, 0) is 30.7 Å². The van der Waals surface area contributed by atoms with E-state index in [4.69, 9.17) is 4.98 Å². The second kappa shape index (κ2) is 9.37. The van der Waals surface area contributed by atoms with Crippen LogP contribution in [-0.4, -0.2) is 32.4 Å². The number of hydrogen-bond acceptors (Lipinski definition) is 5. The number of carbonyl (C=O) groups excluding carboxylic acids is 1. The summed E-state index contributed by atoms with van der Waals surface area (Å²) in [7, 11) is 0. The molecule has 4 aromatic rings. The minimum atomic E-state index is -0.186. The molecule has 1 amide bonds. The van der Waals surface area contributed by atoms with Crippen LogP contribution >= 0.6 is 11.8 Å². The Balaban J connectivity index is 1.46. The lowest BCUT2D eigenvalue weighted by atomic mass is 10.1. The van der Waals surface area contributed by atoms with Crippen molar-refractivity contribution in [1.82, 2.24) is 20.0 Å². The molecule has 4 rings (SSSR count). The second-order valence-electron chi connectivity index (χ2n) is 6.82. The molecule has 0 unspecified atom stereocenters. The maximum absolute atomic E-state index is 12.2. The number of para-hydroxylation sites is 2. The van der Waals surface area contributed by atoms with Crippen molar-refractivity contribution in [3.8, 4) is 0 Å². The van der Waals surface area contributed by atoms with E-state index >= 15 is 0 Å². The molecule has 30 heavy (non-hydrogen) atoms. The molecular formula is C23H21N5OS. The number of nitrogens with one attached hydrogen (secondary N) is 1. The molecule has 0 aliphatic rings. The Morgan fingerprint density at radius 2 is 1.97 bits per heavy atom. The van der Waals surface area contributed by atoms with E-state index in [1.165, 1.54) is 22.9 Å². The number of pyridine rings is 1. The van der Waals surface area contributed by atoms with Crippen LogP contribution in [0, 0.1) is 6.92 Å². The molecule has 0 spiro atoms. The van der Waals surface area contributed by atoms with Crippen LogP contribution in [0.1, 0.15) is 16.7 Å². The van der Waals surface area contributed by atoms with E-state index in [9.17, 15) is 4.79 Å². The van der Waals surface area contributed by atoms with E-state index in [0.29, 0.717) is 6.54 Å². The van der Waals surface area contributed by atoms with E-state index in [1.807, 2.05) is 30.3 Å². The van der Waals surface area contributed by atoms with Crippen molar-refractivity contribution in [3.05, 3.63) is 89.7 Å². The lowest BCUT2D eigenvalue weighted by Crippen LogP contribution is -2.20. The molecule has 2 heterocycles. The highest BCUT2D eigenvalue weighted by Gasteiger charge is 2.13. The summed E-state index contributed by atoms with van der Waals surface area (Å²) >= 11 is 1.40. The van der Waals surface area contributed by atoms with Crippen molar-refractivity contribution in [3.63, 3.8) is 0 Å². The summed E-state index contributed by atoms with van der Waals surface area (Å²) in [6.45, 7) is 2.77. The standard InChI is InChI=1S/C23H21N5OS/c1-17-8-10-18(11-9-17)15-28-21-7-3-2-6-20(21)26-23(28)30-16-22(29)27-25-14-19-5-4-12-24-13-19/h2-14H,15-16H2,1H3,(H,27,29). The molecule has 0 saturated carbocycles. The van der Waals surface area contributed by atoms with E-state index < -0.39 is 0 Å². The first-order valence-corrected chi connectivity index (χ1v) is 10.5. The predicted octanol–water partition coefficient (Wildman–Crippen LogP) is 4.03. The lowest BCUT2D eigenvalue weighted by Gasteiger charge is -2.09. The molecule has 6 nitrogen and oxygen atoms in total. The molecule has 0 fully saturated rings. The number of fused-ring (bicyclic) bond motifs is 1. The number of benzene rings is 2. The van der Waals surface area contributed by atoms with Gasteiger partial charge >= 0.3 is 0 Å². The van der Waals surface area contributed by atoms with Gasteiger partial charge in [-0.2, -0.15) is 5.10 Å². The van der Waals surface area contributed by atoms with E-state index in [-0.39, 0.29) is 11.7 Å². The lowest BCUT2D eigenvalue weighted by molar-refractivity contribution is -0.118. The quantitative estimate of drug-likeness (QED) is 0.281. The van der Waals surface area contributed by atoms with Crippen molar-refractivity contribution in [2.75, 3.05) is 5.75 Å². The van der Waals surface area contributed by atoms with Crippen molar-refractivity contribution in [2.45, 2.75) is 18.6 Å². The summed E-state index contributed by atoms with van der Waals surface area (Å²) in [5, 5.41) is 4.80. The minimum Gasteiger partial charge on any atom is -0.314 e. The summed E-state index contributed by atoms with van der Waals surface area (Å²) in [6.07, 6.45) is 4.94. The Morgan fingerprint density at radius 3 is 2.77 bits per heavy atom. The van der Waals surface area contributed by atoms with Crippen LogP contribution in [0.2, 0.25) is 0 Å². The fourth-order valence-corrected chi connectivity index (χ4v) is 3.79. The third-order valence-corrected chi connectivity index (χ3v) is 5.48. The van der Waals surface area contributed by atoms with Gasteiger partial charge in [0, 0.05) is 18.0 Å². The average Bonchev–Trinajstić information content (AvgIpc) is 3.12. The first kappa shape index (κ1) is 19.8. The summed E-state index contributed by atoms with van der Waals surface area (Å²) in [5.41, 5.74) is 7.77. The number of hydrogen-bond donors (Lipinski definition) is 1. The minimum absolute atomic E-state index is 0.186. The number of nitrogens with zero attached hydrogens (tertiary/aromatic N) is 4. The molecule has 0 aliphatic heterocycles. The topological polar surface area (TPSA) is 72.2 Å². The van der Waals surface area contributed by atoms with Crippen LogP contribution in [0.25, 0.3) is 11.0 Å². The number of amides is 1. The molecule has 1 N–H and O–H groups in total. The molecule has 2 aromatic heterocycles. The summed E-state index contributed by atoms with van der Waals surface area (Å²) < 4.78 is 2.15. The Kier molecular flexibility index (Phi) is 6.20. The number of carbonyl (C=O) groups is 1. The van der Waals surface area contributed by atoms with Crippen LogP contribution < -0.4 is 5.43 Å². The SMILES string of the molecule is Cc1ccc(Cn2c(SCC(=O)NN=Cc3cccnc3)nc3ccccc32)cc1. The fourth-order valence-electron chi connectivity index (χ4n) is 2.99. The largest absolute Gasteiger partial charge is 0.314 e. The van der Waals surface area contributed by atoms with Crippen LogP contribution in [0.3, 0.4) is 0 Å². The highest BCUT2D eigenvalue weighted by molar-refractivity contribution is 7.99. The fraction of sp³-hybridized carbons (Fsp3) is 0.130. The van der Waals surface area contributed by atoms with Gasteiger partial charge in [-0.3, -0.25) is 9.78 Å². The van der Waals surface area contributed by atoms with Crippen LogP contribution in [0.15, 0.2) is 83.3 Å². The van der Waals surface area contributed by atoms with Crippen LogP contribution in [-0.2, 0) is 11.3 Å². The molecule has 0 atom stereocenters. The zero-order valence-electron chi connectivity index (χ0n) is 16.5. The third kappa shape index (κ3) is 4.93. The second-order valence-corrected chi connectivity index (χ2v) is 7.77. The van der Waals surface area contributed by atoms with E-state index in [0.717, 1.165) is 21.8 Å². The normalized spacial score (nSPS) is 11.2. The van der Waals surface area contributed by atoms with Crippen LogP contribution in [0.5, 0.6) is 0 Å². The molecule has 0 saturated heterocycles. The van der Waals surface area contributed by atoms with E-state index in [1.54, 1.807) is 18.6 Å². The Labute approximate surface area is 179 Å². The van der Waals surface area contributed by atoms with Gasteiger partial charge in [0.25, 0.3) is 5.91 Å². The van der Waals surface area contributed by atoms with Gasteiger partial charge in [0.2, 0.25) is 0 Å². The number of hydrazone groups is 1. The highest BCUT2D eigenvalue weighted by Crippen LogP contribution is 2.25. The number of thioether (sulfide) groups is 1. The molecule has 2 aromatic carbocycles. The van der Waals surface area contributed by atoms with Crippen LogP contribution in [0.4, 0.5) is 0 Å². The molecule has 0 aliphatic carbocycles. The summed E-state index contributed by atoms with van der Waals surface area (Å²) in [5.74, 6) is 0.0378. The monoisotopic (exact) mass is 415 g/mol. The zero-order chi connectivity index (χ0) is 20.8. The van der Waals surface area contributed by atoms with Gasteiger partial charge in [0.05, 0.1) is 29.5 Å². The molecular weight excluding hydrogens is 394 g/mol. The predicted molar refractivity (Wildman–Crippen MR) is 121 cm³/mol. The van der Waals surface area contributed by atoms with Gasteiger partial charge in [0.1, 0.15) is 0 Å². The van der Waals surface area contributed by atoms with Gasteiger partial charge in [-0.25, -0.2) is 10.4 Å². The summed E-state index contributed by atoms with van der Waals surface area (Å²) in [6, 6.07) is 20.2. The Bertz CT molecular complexity index is 1170. The van der Waals surface area contributed by atoms with Crippen molar-refractivity contribution >= 4 is 34.9 Å². The van der Waals surface area contributed by atoms with E-state index in [2.05, 4.69) is 57.3 Å².